The number of aliphatic carboxylic acids is 1. The average molecular weight is 313 g/mol. The smallest absolute Gasteiger partial charge is 0.265 e. The molecule has 0 bridgehead atoms. The van der Waals surface area contributed by atoms with E-state index in [9.17, 15) is 25.1 Å². The number of hydrogen-bond donors (Lipinski definition) is 1. The molecule has 0 spiro atoms. The highest BCUT2D eigenvalue weighted by Gasteiger charge is 2.32. The minimum Gasteiger partial charge on any atom is -0.865 e. The lowest BCUT2D eigenvalue weighted by Gasteiger charge is -2.17. The van der Waals surface area contributed by atoms with Crippen LogP contribution in [-0.2, 0) is 4.79 Å². The van der Waals surface area contributed by atoms with Crippen molar-refractivity contribution in [2.45, 2.75) is 18.3 Å². The highest BCUT2D eigenvalue weighted by atomic mass is 32.2. The molecule has 8 nitrogen and oxygen atoms in total. The molecule has 21 heavy (non-hydrogen) atoms. The number of quaternary nitrogens is 1. The Bertz CT molecular complexity index is 579. The summed E-state index contributed by atoms with van der Waals surface area (Å²) < 4.78 is 5.13. The van der Waals surface area contributed by atoms with E-state index in [-0.39, 0.29) is 17.7 Å². The molecule has 0 unspecified atom stereocenters. The van der Waals surface area contributed by atoms with Crippen LogP contribution in [0, 0.1) is 10.1 Å². The van der Waals surface area contributed by atoms with Crippen LogP contribution in [0.2, 0.25) is 0 Å². The fourth-order valence-electron chi connectivity index (χ4n) is 2.05. The summed E-state index contributed by atoms with van der Waals surface area (Å²) in [7, 11) is 0. The molecule has 1 fully saturated rings. The summed E-state index contributed by atoms with van der Waals surface area (Å²) in [5.74, 6) is -1.70. The molecule has 1 aromatic carbocycles. The van der Waals surface area contributed by atoms with Gasteiger partial charge in [-0.15, -0.1) is 0 Å². The first kappa shape index (κ1) is 15.4. The Labute approximate surface area is 124 Å². The summed E-state index contributed by atoms with van der Waals surface area (Å²) in [5, 5.41) is 34.9. The lowest BCUT2D eigenvalue weighted by Crippen LogP contribution is -2.90. The van der Waals surface area contributed by atoms with Gasteiger partial charge in [-0.3, -0.25) is 10.1 Å². The van der Waals surface area contributed by atoms with Crippen molar-refractivity contribution >= 4 is 23.4 Å². The molecule has 114 valence electrons. The van der Waals surface area contributed by atoms with Crippen LogP contribution in [0.15, 0.2) is 12.1 Å². The number of hydrogen-bond acceptors (Lipinski definition) is 7. The zero-order valence-corrected chi connectivity index (χ0v) is 11.9. The van der Waals surface area contributed by atoms with E-state index < -0.39 is 28.4 Å². The third kappa shape index (κ3) is 3.19. The molecule has 2 N–H and O–H groups in total. The number of nitro benzene ring substituents is 1. The monoisotopic (exact) mass is 313 g/mol. The van der Waals surface area contributed by atoms with E-state index in [0.717, 1.165) is 0 Å². The molecular formula is C12H13N2O6S-. The van der Waals surface area contributed by atoms with E-state index in [1.165, 1.54) is 23.9 Å². The van der Waals surface area contributed by atoms with Gasteiger partial charge in [0.25, 0.3) is 5.69 Å². The van der Waals surface area contributed by atoms with Gasteiger partial charge >= 0.3 is 0 Å². The SMILES string of the molecule is CCOc1cc([C@@H]2[NH2+][C@@H](C(=O)[O-])CS2)cc([N+](=O)[O-])c1[O-]. The number of thioether (sulfide) groups is 1. The van der Waals surface area contributed by atoms with Crippen LogP contribution in [0.5, 0.6) is 11.5 Å². The molecule has 0 radical (unpaired) electrons. The van der Waals surface area contributed by atoms with Crippen molar-refractivity contribution in [3.63, 3.8) is 0 Å². The van der Waals surface area contributed by atoms with Gasteiger partial charge in [-0.05, 0) is 13.0 Å². The molecule has 0 saturated carbocycles. The van der Waals surface area contributed by atoms with E-state index in [1.807, 2.05) is 0 Å². The van der Waals surface area contributed by atoms with Crippen LogP contribution >= 0.6 is 11.8 Å². The van der Waals surface area contributed by atoms with Crippen molar-refractivity contribution in [3.8, 4) is 11.5 Å². The highest BCUT2D eigenvalue weighted by molar-refractivity contribution is 7.99. The maximum Gasteiger partial charge on any atom is 0.265 e. The Balaban J connectivity index is 2.35. The number of ether oxygens (including phenoxy) is 1. The van der Waals surface area contributed by atoms with Crippen LogP contribution in [0.3, 0.4) is 0 Å². The van der Waals surface area contributed by atoms with Gasteiger partial charge in [0, 0.05) is 17.4 Å². The Morgan fingerprint density at radius 1 is 1.57 bits per heavy atom. The predicted molar refractivity (Wildman–Crippen MR) is 69.6 cm³/mol. The van der Waals surface area contributed by atoms with E-state index in [0.29, 0.717) is 11.3 Å². The van der Waals surface area contributed by atoms with Gasteiger partial charge in [-0.1, -0.05) is 11.8 Å². The first-order valence-corrected chi connectivity index (χ1v) is 7.28. The van der Waals surface area contributed by atoms with Gasteiger partial charge in [-0.25, -0.2) is 0 Å². The van der Waals surface area contributed by atoms with Gasteiger partial charge in [0.2, 0.25) is 0 Å². The standard InChI is InChI=1S/C12H14N2O6S/c1-2-20-9-4-6(3-8(10(9)15)14(18)19)11-13-7(5-21-11)12(16)17/h3-4,7,11,13,15H,2,5H2,1H3,(H,16,17)/p-1/t7-,11-/m1/s1. The van der Waals surface area contributed by atoms with Crippen LogP contribution in [-0.4, -0.2) is 29.3 Å². The van der Waals surface area contributed by atoms with Crippen molar-refractivity contribution in [1.82, 2.24) is 0 Å². The van der Waals surface area contributed by atoms with Gasteiger partial charge in [0.15, 0.2) is 5.37 Å². The third-order valence-corrected chi connectivity index (χ3v) is 4.39. The Morgan fingerprint density at radius 2 is 2.29 bits per heavy atom. The van der Waals surface area contributed by atoms with E-state index in [4.69, 9.17) is 4.74 Å². The number of carbonyl (C=O) groups excluding carboxylic acids is 1. The predicted octanol–water partition coefficient (Wildman–Crippen LogP) is -1.51. The maximum atomic E-state index is 11.9. The Hall–Kier alpha value is -2.00. The van der Waals surface area contributed by atoms with Crippen molar-refractivity contribution in [1.29, 1.82) is 0 Å². The molecule has 2 atom stereocenters. The normalized spacial score (nSPS) is 21.2. The summed E-state index contributed by atoms with van der Waals surface area (Å²) >= 11 is 1.33. The number of benzene rings is 1. The minimum absolute atomic E-state index is 0.0902. The Morgan fingerprint density at radius 3 is 2.81 bits per heavy atom. The molecule has 1 aromatic rings. The number of carbonyl (C=O) groups is 1. The number of rotatable bonds is 5. The van der Waals surface area contributed by atoms with E-state index in [1.54, 1.807) is 12.2 Å². The maximum absolute atomic E-state index is 11.9. The summed E-state index contributed by atoms with van der Waals surface area (Å²) in [5.41, 5.74) is -0.0830. The first-order valence-electron chi connectivity index (χ1n) is 6.23. The number of carboxylic acids is 1. The number of nitro groups is 1. The topological polar surface area (TPSA) is 132 Å². The van der Waals surface area contributed by atoms with E-state index in [2.05, 4.69) is 0 Å². The summed E-state index contributed by atoms with van der Waals surface area (Å²) in [6.45, 7) is 1.87. The average Bonchev–Trinajstić information content (AvgIpc) is 2.90. The molecule has 9 heteroatoms. The third-order valence-electron chi connectivity index (χ3n) is 3.05. The molecule has 0 aromatic heterocycles. The summed E-state index contributed by atoms with van der Waals surface area (Å²) in [6, 6.07) is 1.91. The molecule has 2 rings (SSSR count). The molecule has 1 saturated heterocycles. The molecule has 1 heterocycles. The number of carboxylic acid groups (broad SMARTS) is 1. The van der Waals surface area contributed by atoms with Gasteiger partial charge < -0.3 is 25.1 Å². The molecule has 0 aliphatic carbocycles. The van der Waals surface area contributed by atoms with Gasteiger partial charge in [0.05, 0.1) is 17.3 Å². The first-order chi connectivity index (χ1) is 9.93. The second-order valence-electron chi connectivity index (χ2n) is 4.43. The van der Waals surface area contributed by atoms with Crippen LogP contribution < -0.4 is 20.3 Å². The largest absolute Gasteiger partial charge is 0.865 e. The highest BCUT2D eigenvalue weighted by Crippen LogP contribution is 2.39. The van der Waals surface area contributed by atoms with Gasteiger partial charge in [-0.2, -0.15) is 0 Å². The fourth-order valence-corrected chi connectivity index (χ4v) is 3.35. The number of nitrogens with zero attached hydrogens (tertiary/aromatic N) is 1. The van der Waals surface area contributed by atoms with Crippen molar-refractivity contribution in [2.75, 3.05) is 12.4 Å². The quantitative estimate of drug-likeness (QED) is 0.516. The van der Waals surface area contributed by atoms with Crippen LogP contribution in [0.25, 0.3) is 0 Å². The lowest BCUT2D eigenvalue weighted by molar-refractivity contribution is -0.690. The van der Waals surface area contributed by atoms with Gasteiger partial charge in [0.1, 0.15) is 17.8 Å². The van der Waals surface area contributed by atoms with E-state index >= 15 is 0 Å². The second-order valence-corrected chi connectivity index (χ2v) is 5.60. The zero-order valence-electron chi connectivity index (χ0n) is 11.1. The molecule has 0 amide bonds. The summed E-state index contributed by atoms with van der Waals surface area (Å²) in [6.07, 6.45) is 0. The van der Waals surface area contributed by atoms with Crippen molar-refractivity contribution in [3.05, 3.63) is 27.8 Å². The number of nitrogens with two attached hydrogens (primary N) is 1. The van der Waals surface area contributed by atoms with Crippen LogP contribution in [0.4, 0.5) is 5.69 Å². The molecular weight excluding hydrogens is 300 g/mol. The second kappa shape index (κ2) is 6.19. The fraction of sp³-hybridized carbons (Fsp3) is 0.417. The molecule has 1 aliphatic heterocycles. The summed E-state index contributed by atoms with van der Waals surface area (Å²) in [4.78, 5) is 21.0. The minimum atomic E-state index is -1.18. The van der Waals surface area contributed by atoms with Crippen LogP contribution in [0.1, 0.15) is 17.9 Å². The van der Waals surface area contributed by atoms with Crippen molar-refractivity contribution < 1.29 is 30.0 Å². The van der Waals surface area contributed by atoms with Crippen molar-refractivity contribution in [2.24, 2.45) is 0 Å². The lowest BCUT2D eigenvalue weighted by atomic mass is 10.1. The molecule has 1 aliphatic rings. The zero-order chi connectivity index (χ0) is 15.6. The Kier molecular flexibility index (Phi) is 4.53.